The quantitative estimate of drug-likeness (QED) is 0.572. The fourth-order valence-corrected chi connectivity index (χ4v) is 2.81. The van der Waals surface area contributed by atoms with Gasteiger partial charge in [-0.05, 0) is 38.1 Å². The Balaban J connectivity index is 1.90. The summed E-state index contributed by atoms with van der Waals surface area (Å²) in [7, 11) is 0. The molecule has 0 radical (unpaired) electrons. The van der Waals surface area contributed by atoms with Gasteiger partial charge in [-0.1, -0.05) is 17.3 Å². The second-order valence-electron chi connectivity index (χ2n) is 5.39. The number of ether oxygens (including phenoxy) is 1. The summed E-state index contributed by atoms with van der Waals surface area (Å²) in [5, 5.41) is 18.6. The molecule has 23 heavy (non-hydrogen) atoms. The lowest BCUT2D eigenvalue weighted by Gasteiger charge is -2.29. The van der Waals surface area contributed by atoms with Gasteiger partial charge in [0.1, 0.15) is 17.1 Å². The van der Waals surface area contributed by atoms with Crippen molar-refractivity contribution in [2.24, 2.45) is 10.1 Å². The van der Waals surface area contributed by atoms with E-state index in [9.17, 15) is 18.4 Å². The van der Waals surface area contributed by atoms with Crippen molar-refractivity contribution in [1.29, 1.82) is 0 Å². The Bertz CT molecular complexity index is 652. The molecule has 0 aliphatic carbocycles. The van der Waals surface area contributed by atoms with Crippen molar-refractivity contribution in [1.82, 2.24) is 10.6 Å². The highest BCUT2D eigenvalue weighted by Crippen LogP contribution is 2.30. The van der Waals surface area contributed by atoms with E-state index in [-0.39, 0.29) is 5.75 Å². The Kier molecular flexibility index (Phi) is 3.88. The van der Waals surface area contributed by atoms with Crippen LogP contribution in [0.3, 0.4) is 0 Å². The number of rotatable bonds is 2. The molecule has 0 saturated carbocycles. The second-order valence-corrected chi connectivity index (χ2v) is 5.39. The Morgan fingerprint density at radius 1 is 1.26 bits per heavy atom. The maximum absolute atomic E-state index is 12.3. The first-order valence-electron chi connectivity index (χ1n) is 7.08. The van der Waals surface area contributed by atoms with Gasteiger partial charge < -0.3 is 20.6 Å². The molecular weight excluding hydrogens is 313 g/mol. The summed E-state index contributed by atoms with van der Waals surface area (Å²) in [6.07, 6.45) is -3.47. The van der Waals surface area contributed by atoms with Gasteiger partial charge >= 0.3 is 6.36 Å². The Labute approximate surface area is 130 Å². The van der Waals surface area contributed by atoms with Crippen molar-refractivity contribution >= 4 is 11.7 Å². The van der Waals surface area contributed by atoms with E-state index < -0.39 is 11.9 Å². The summed E-state index contributed by atoms with van der Waals surface area (Å²) in [4.78, 5) is 4.58. The van der Waals surface area contributed by atoms with Gasteiger partial charge in [-0.25, -0.2) is 0 Å². The molecule has 1 aromatic rings. The smallest absolute Gasteiger partial charge is 0.409 e. The molecule has 1 fully saturated rings. The van der Waals surface area contributed by atoms with Crippen molar-refractivity contribution in [2.75, 3.05) is 13.1 Å². The molecule has 2 heterocycles. The third-order valence-electron chi connectivity index (χ3n) is 3.88. The van der Waals surface area contributed by atoms with Crippen LogP contribution in [0.4, 0.5) is 13.2 Å². The van der Waals surface area contributed by atoms with E-state index in [0.717, 1.165) is 0 Å². The van der Waals surface area contributed by atoms with E-state index in [0.29, 0.717) is 43.2 Å². The molecule has 0 atom stereocenters. The van der Waals surface area contributed by atoms with E-state index in [1.807, 2.05) is 0 Å². The predicted octanol–water partition coefficient (Wildman–Crippen LogP) is 1.84. The van der Waals surface area contributed by atoms with E-state index in [2.05, 4.69) is 25.5 Å². The molecule has 2 aliphatic rings. The van der Waals surface area contributed by atoms with Crippen LogP contribution in [0.15, 0.2) is 34.4 Å². The molecule has 0 amide bonds. The van der Waals surface area contributed by atoms with Gasteiger partial charge in [0.25, 0.3) is 0 Å². The molecule has 0 bridgehead atoms. The number of benzene rings is 1. The van der Waals surface area contributed by atoms with Crippen LogP contribution in [0, 0.1) is 0 Å². The van der Waals surface area contributed by atoms with Gasteiger partial charge in [-0.2, -0.15) is 0 Å². The molecule has 6 nitrogen and oxygen atoms in total. The van der Waals surface area contributed by atoms with E-state index in [1.165, 1.54) is 18.2 Å². The zero-order valence-electron chi connectivity index (χ0n) is 12.0. The van der Waals surface area contributed by atoms with Crippen LogP contribution < -0.4 is 15.4 Å². The SMILES string of the molecule is O/N=C1\NC(c2cccc(OC(F)(F)F)c2)=NC12CCNCC2. The van der Waals surface area contributed by atoms with Crippen molar-refractivity contribution in [2.45, 2.75) is 24.7 Å². The highest BCUT2D eigenvalue weighted by molar-refractivity contribution is 6.17. The standard InChI is InChI=1S/C14H15F3N4O2/c15-14(16,17)23-10-3-1-2-9(8-10)11-19-12(21-22)13(20-11)4-6-18-7-5-13/h1-3,8,18,22H,4-7H2,(H,19,20,21). The van der Waals surface area contributed by atoms with Crippen molar-refractivity contribution in [3.63, 3.8) is 0 Å². The minimum absolute atomic E-state index is 0.316. The van der Waals surface area contributed by atoms with E-state index >= 15 is 0 Å². The topological polar surface area (TPSA) is 78.2 Å². The van der Waals surface area contributed by atoms with Crippen LogP contribution in [-0.2, 0) is 0 Å². The number of amidine groups is 2. The minimum atomic E-state index is -4.75. The highest BCUT2D eigenvalue weighted by atomic mass is 19.4. The average Bonchev–Trinajstić information content (AvgIpc) is 2.85. The lowest BCUT2D eigenvalue weighted by Crippen LogP contribution is -2.47. The molecule has 3 rings (SSSR count). The van der Waals surface area contributed by atoms with Gasteiger partial charge in [0.05, 0.1) is 0 Å². The van der Waals surface area contributed by atoms with Crippen LogP contribution in [0.2, 0.25) is 0 Å². The van der Waals surface area contributed by atoms with E-state index in [4.69, 9.17) is 0 Å². The Morgan fingerprint density at radius 3 is 2.65 bits per heavy atom. The normalized spacial score (nSPS) is 22.0. The molecular formula is C14H15F3N4O2. The number of nitrogens with one attached hydrogen (secondary N) is 2. The van der Waals surface area contributed by atoms with Crippen LogP contribution in [-0.4, -0.2) is 41.9 Å². The summed E-state index contributed by atoms with van der Waals surface area (Å²) < 4.78 is 40.9. The Hall–Kier alpha value is -2.29. The Morgan fingerprint density at radius 2 is 2.00 bits per heavy atom. The van der Waals surface area contributed by atoms with Gasteiger partial charge in [-0.15, -0.1) is 13.2 Å². The lowest BCUT2D eigenvalue weighted by molar-refractivity contribution is -0.274. The number of oxime groups is 1. The van der Waals surface area contributed by atoms with Crippen molar-refractivity contribution < 1.29 is 23.1 Å². The molecule has 9 heteroatoms. The fourth-order valence-electron chi connectivity index (χ4n) is 2.81. The van der Waals surface area contributed by atoms with Gasteiger partial charge in [-0.3, -0.25) is 4.99 Å². The molecule has 0 unspecified atom stereocenters. The number of piperidine rings is 1. The van der Waals surface area contributed by atoms with Gasteiger partial charge in [0, 0.05) is 5.56 Å². The van der Waals surface area contributed by atoms with Crippen LogP contribution in [0.1, 0.15) is 18.4 Å². The second kappa shape index (κ2) is 5.73. The molecule has 124 valence electrons. The highest BCUT2D eigenvalue weighted by Gasteiger charge is 2.43. The average molecular weight is 328 g/mol. The lowest BCUT2D eigenvalue weighted by atomic mass is 9.88. The summed E-state index contributed by atoms with van der Waals surface area (Å²) in [6, 6.07) is 5.52. The number of alkyl halides is 3. The van der Waals surface area contributed by atoms with Crippen molar-refractivity contribution in [3.05, 3.63) is 29.8 Å². The molecule has 0 aromatic heterocycles. The summed E-state index contributed by atoms with van der Waals surface area (Å²) in [6.45, 7) is 1.43. The first-order valence-corrected chi connectivity index (χ1v) is 7.08. The number of hydrogen-bond acceptors (Lipinski definition) is 5. The van der Waals surface area contributed by atoms with Gasteiger partial charge in [0.2, 0.25) is 0 Å². The third-order valence-corrected chi connectivity index (χ3v) is 3.88. The largest absolute Gasteiger partial charge is 0.573 e. The van der Waals surface area contributed by atoms with Gasteiger partial charge in [0.15, 0.2) is 5.84 Å². The third kappa shape index (κ3) is 3.24. The molecule has 3 N–H and O–H groups in total. The monoisotopic (exact) mass is 328 g/mol. The van der Waals surface area contributed by atoms with Crippen LogP contribution in [0.25, 0.3) is 0 Å². The molecule has 1 spiro atoms. The molecule has 2 aliphatic heterocycles. The minimum Gasteiger partial charge on any atom is -0.409 e. The number of nitrogens with zero attached hydrogens (tertiary/aromatic N) is 2. The maximum Gasteiger partial charge on any atom is 0.573 e. The summed E-state index contributed by atoms with van der Waals surface area (Å²) in [5.74, 6) is 0.358. The van der Waals surface area contributed by atoms with E-state index in [1.54, 1.807) is 6.07 Å². The fraction of sp³-hybridized carbons (Fsp3) is 0.429. The van der Waals surface area contributed by atoms with Crippen LogP contribution in [0.5, 0.6) is 5.75 Å². The van der Waals surface area contributed by atoms with Crippen LogP contribution >= 0.6 is 0 Å². The first-order chi connectivity index (χ1) is 10.9. The molecule has 1 aromatic carbocycles. The van der Waals surface area contributed by atoms with Crippen molar-refractivity contribution in [3.8, 4) is 5.75 Å². The number of hydrogen-bond donors (Lipinski definition) is 3. The summed E-state index contributed by atoms with van der Waals surface area (Å²) in [5.41, 5.74) is -0.223. The maximum atomic E-state index is 12.3. The first kappa shape index (κ1) is 15.6. The predicted molar refractivity (Wildman–Crippen MR) is 76.9 cm³/mol. The summed E-state index contributed by atoms with van der Waals surface area (Å²) >= 11 is 0. The number of halogens is 3. The zero-order chi connectivity index (χ0) is 16.5. The molecule has 1 saturated heterocycles. The number of aliphatic imine (C=N–C) groups is 1. The zero-order valence-corrected chi connectivity index (χ0v) is 12.0.